The van der Waals surface area contributed by atoms with Crippen LogP contribution in [0.25, 0.3) is 0 Å². The first-order valence-electron chi connectivity index (χ1n) is 6.81. The SMILES string of the molecule is NNc1cccc(C(=O)N2CCCN(CCO)CC2)n1. The summed E-state index contributed by atoms with van der Waals surface area (Å²) in [6.07, 6.45) is 0.903. The molecule has 0 spiro atoms. The van der Waals surface area contributed by atoms with Gasteiger partial charge >= 0.3 is 0 Å². The highest BCUT2D eigenvalue weighted by Gasteiger charge is 2.21. The predicted octanol–water partition coefficient (Wildman–Crippen LogP) is -0.493. The van der Waals surface area contributed by atoms with E-state index in [0.717, 1.165) is 19.5 Å². The summed E-state index contributed by atoms with van der Waals surface area (Å²) in [6.45, 7) is 3.86. The Labute approximate surface area is 118 Å². The lowest BCUT2D eigenvalue weighted by atomic mass is 10.3. The second-order valence-corrected chi connectivity index (χ2v) is 4.76. The fourth-order valence-electron chi connectivity index (χ4n) is 2.34. The molecule has 1 aromatic rings. The molecule has 2 rings (SSSR count). The van der Waals surface area contributed by atoms with Gasteiger partial charge in [0.1, 0.15) is 11.5 Å². The largest absolute Gasteiger partial charge is 0.395 e. The summed E-state index contributed by atoms with van der Waals surface area (Å²) < 4.78 is 0. The Kier molecular flexibility index (Phi) is 5.28. The van der Waals surface area contributed by atoms with E-state index in [1.807, 2.05) is 0 Å². The molecule has 2 heterocycles. The number of hydrogen-bond donors (Lipinski definition) is 3. The molecule has 0 unspecified atom stereocenters. The third kappa shape index (κ3) is 3.66. The van der Waals surface area contributed by atoms with Gasteiger partial charge in [-0.2, -0.15) is 0 Å². The number of rotatable bonds is 4. The van der Waals surface area contributed by atoms with Crippen LogP contribution in [0.5, 0.6) is 0 Å². The van der Waals surface area contributed by atoms with Crippen LogP contribution in [0, 0.1) is 0 Å². The maximum absolute atomic E-state index is 12.4. The molecule has 0 bridgehead atoms. The number of nitrogens with zero attached hydrogens (tertiary/aromatic N) is 3. The molecule has 0 radical (unpaired) electrons. The van der Waals surface area contributed by atoms with Crippen LogP contribution in [0.2, 0.25) is 0 Å². The van der Waals surface area contributed by atoms with Gasteiger partial charge in [-0.3, -0.25) is 9.69 Å². The van der Waals surface area contributed by atoms with E-state index in [2.05, 4.69) is 15.3 Å². The molecule has 0 aliphatic carbocycles. The fourth-order valence-corrected chi connectivity index (χ4v) is 2.34. The number of hydrogen-bond acceptors (Lipinski definition) is 6. The van der Waals surface area contributed by atoms with Crippen molar-refractivity contribution in [2.45, 2.75) is 6.42 Å². The molecule has 110 valence electrons. The second-order valence-electron chi connectivity index (χ2n) is 4.76. The number of hydrazine groups is 1. The lowest BCUT2D eigenvalue weighted by molar-refractivity contribution is 0.0755. The van der Waals surface area contributed by atoms with E-state index >= 15 is 0 Å². The van der Waals surface area contributed by atoms with Gasteiger partial charge in [-0.1, -0.05) is 6.07 Å². The van der Waals surface area contributed by atoms with Crippen molar-refractivity contribution in [2.24, 2.45) is 5.84 Å². The maximum Gasteiger partial charge on any atom is 0.272 e. The molecular weight excluding hydrogens is 258 g/mol. The molecule has 20 heavy (non-hydrogen) atoms. The average molecular weight is 279 g/mol. The van der Waals surface area contributed by atoms with E-state index in [1.54, 1.807) is 23.1 Å². The summed E-state index contributed by atoms with van der Waals surface area (Å²) in [7, 11) is 0. The molecule has 0 saturated carbocycles. The van der Waals surface area contributed by atoms with Crippen LogP contribution in [0.1, 0.15) is 16.9 Å². The predicted molar refractivity (Wildman–Crippen MR) is 76.1 cm³/mol. The van der Waals surface area contributed by atoms with E-state index in [0.29, 0.717) is 31.1 Å². The monoisotopic (exact) mass is 279 g/mol. The number of nitrogens with one attached hydrogen (secondary N) is 1. The first-order valence-corrected chi connectivity index (χ1v) is 6.81. The standard InChI is InChI=1S/C13H21N5O2/c14-16-12-4-1-3-11(15-12)13(20)18-6-2-5-17(7-8-18)9-10-19/h1,3-4,19H,2,5-10,14H2,(H,15,16). The number of aliphatic hydroxyl groups excluding tert-OH is 1. The number of carbonyl (C=O) groups excluding carboxylic acids is 1. The van der Waals surface area contributed by atoms with Crippen molar-refractivity contribution in [3.05, 3.63) is 23.9 Å². The molecule has 0 atom stereocenters. The molecule has 1 aromatic heterocycles. The van der Waals surface area contributed by atoms with Crippen molar-refractivity contribution >= 4 is 11.7 Å². The number of β-amino-alcohol motifs (C(OH)–C–C–N with tert-alkyl or cyclic N) is 1. The molecule has 1 saturated heterocycles. The molecule has 4 N–H and O–H groups in total. The molecule has 1 amide bonds. The van der Waals surface area contributed by atoms with Gasteiger partial charge in [-0.05, 0) is 25.1 Å². The minimum Gasteiger partial charge on any atom is -0.395 e. The lowest BCUT2D eigenvalue weighted by Crippen LogP contribution is -2.36. The first-order chi connectivity index (χ1) is 9.74. The van der Waals surface area contributed by atoms with Crippen molar-refractivity contribution in [1.82, 2.24) is 14.8 Å². The Bertz CT molecular complexity index is 454. The van der Waals surface area contributed by atoms with Gasteiger partial charge in [-0.15, -0.1) is 0 Å². The van der Waals surface area contributed by atoms with E-state index in [1.165, 1.54) is 0 Å². The summed E-state index contributed by atoms with van der Waals surface area (Å²) >= 11 is 0. The third-order valence-corrected chi connectivity index (χ3v) is 3.41. The van der Waals surface area contributed by atoms with Gasteiger partial charge in [0.15, 0.2) is 0 Å². The molecule has 1 aliphatic heterocycles. The van der Waals surface area contributed by atoms with Crippen molar-refractivity contribution in [3.8, 4) is 0 Å². The zero-order valence-corrected chi connectivity index (χ0v) is 11.5. The third-order valence-electron chi connectivity index (χ3n) is 3.41. The van der Waals surface area contributed by atoms with Crippen LogP contribution in [0.3, 0.4) is 0 Å². The van der Waals surface area contributed by atoms with Crippen LogP contribution in [-0.4, -0.2) is 65.1 Å². The van der Waals surface area contributed by atoms with E-state index in [9.17, 15) is 4.79 Å². The Morgan fingerprint density at radius 2 is 2.20 bits per heavy atom. The molecule has 1 aliphatic rings. The van der Waals surface area contributed by atoms with Crippen LogP contribution < -0.4 is 11.3 Å². The zero-order valence-electron chi connectivity index (χ0n) is 11.5. The number of amides is 1. The highest BCUT2D eigenvalue weighted by molar-refractivity contribution is 5.92. The highest BCUT2D eigenvalue weighted by Crippen LogP contribution is 2.10. The fraction of sp³-hybridized carbons (Fsp3) is 0.538. The summed E-state index contributed by atoms with van der Waals surface area (Å²) in [5.74, 6) is 5.71. The Hall–Kier alpha value is -1.70. The first kappa shape index (κ1) is 14.7. The van der Waals surface area contributed by atoms with Crippen LogP contribution >= 0.6 is 0 Å². The number of pyridine rings is 1. The summed E-state index contributed by atoms with van der Waals surface area (Å²) in [5.41, 5.74) is 2.84. The molecule has 7 heteroatoms. The summed E-state index contributed by atoms with van der Waals surface area (Å²) in [6, 6.07) is 5.16. The summed E-state index contributed by atoms with van der Waals surface area (Å²) in [4.78, 5) is 20.6. The lowest BCUT2D eigenvalue weighted by Gasteiger charge is -2.21. The van der Waals surface area contributed by atoms with Crippen molar-refractivity contribution in [2.75, 3.05) is 44.8 Å². The average Bonchev–Trinajstić information content (AvgIpc) is 2.73. The van der Waals surface area contributed by atoms with Crippen molar-refractivity contribution in [1.29, 1.82) is 0 Å². The van der Waals surface area contributed by atoms with E-state index in [-0.39, 0.29) is 12.5 Å². The minimum atomic E-state index is -0.0760. The number of nitrogen functional groups attached to an aromatic ring is 1. The van der Waals surface area contributed by atoms with Gasteiger partial charge < -0.3 is 15.4 Å². The maximum atomic E-state index is 12.4. The van der Waals surface area contributed by atoms with Gasteiger partial charge in [-0.25, -0.2) is 10.8 Å². The smallest absolute Gasteiger partial charge is 0.272 e. The number of carbonyl (C=O) groups is 1. The van der Waals surface area contributed by atoms with Crippen LogP contribution in [0.4, 0.5) is 5.82 Å². The molecule has 0 aromatic carbocycles. The quantitative estimate of drug-likeness (QED) is 0.508. The number of aromatic nitrogens is 1. The van der Waals surface area contributed by atoms with Crippen molar-refractivity contribution in [3.63, 3.8) is 0 Å². The normalized spacial score (nSPS) is 16.8. The zero-order chi connectivity index (χ0) is 14.4. The minimum absolute atomic E-state index is 0.0760. The van der Waals surface area contributed by atoms with Gasteiger partial charge in [0.05, 0.1) is 6.61 Å². The Balaban J connectivity index is 2.01. The molecular formula is C13H21N5O2. The van der Waals surface area contributed by atoms with Crippen LogP contribution in [-0.2, 0) is 0 Å². The Morgan fingerprint density at radius 3 is 2.95 bits per heavy atom. The van der Waals surface area contributed by atoms with E-state index in [4.69, 9.17) is 10.9 Å². The topological polar surface area (TPSA) is 94.7 Å². The van der Waals surface area contributed by atoms with Crippen LogP contribution in [0.15, 0.2) is 18.2 Å². The second kappa shape index (κ2) is 7.18. The number of nitrogens with two attached hydrogens (primary N) is 1. The van der Waals surface area contributed by atoms with Gasteiger partial charge in [0.25, 0.3) is 5.91 Å². The molecule has 1 fully saturated rings. The van der Waals surface area contributed by atoms with Crippen molar-refractivity contribution < 1.29 is 9.90 Å². The van der Waals surface area contributed by atoms with E-state index < -0.39 is 0 Å². The van der Waals surface area contributed by atoms with Gasteiger partial charge in [0, 0.05) is 26.2 Å². The number of anilines is 1. The Morgan fingerprint density at radius 1 is 1.35 bits per heavy atom. The molecule has 7 nitrogen and oxygen atoms in total. The highest BCUT2D eigenvalue weighted by atomic mass is 16.3. The number of aliphatic hydroxyl groups is 1. The van der Waals surface area contributed by atoms with Gasteiger partial charge in [0.2, 0.25) is 0 Å². The summed E-state index contributed by atoms with van der Waals surface area (Å²) in [5, 5.41) is 8.97.